The fourth-order valence-electron chi connectivity index (χ4n) is 4.78. The Labute approximate surface area is 216 Å². The average Bonchev–Trinajstić information content (AvgIpc) is 3.29. The molecule has 0 spiro atoms. The van der Waals surface area contributed by atoms with Crippen LogP contribution in [-0.4, -0.2) is 7.11 Å². The van der Waals surface area contributed by atoms with E-state index in [0.29, 0.717) is 39.1 Å². The molecule has 1 aliphatic carbocycles. The molecule has 3 aromatic carbocycles. The maximum Gasteiger partial charge on any atom is 0.175 e. The molecule has 0 radical (unpaired) electrons. The highest BCUT2D eigenvalue weighted by atomic mass is 79.9. The summed E-state index contributed by atoms with van der Waals surface area (Å²) in [6.45, 7) is 0.341. The second kappa shape index (κ2) is 9.42. The Bertz CT molecular complexity index is 1250. The Morgan fingerprint density at radius 2 is 1.88 bits per heavy atom. The lowest BCUT2D eigenvalue weighted by Crippen LogP contribution is -2.29. The molecule has 0 bridgehead atoms. The van der Waals surface area contributed by atoms with E-state index in [9.17, 15) is 0 Å². The van der Waals surface area contributed by atoms with Crippen molar-refractivity contribution in [3.8, 4) is 11.5 Å². The minimum Gasteiger partial charge on any atom is -0.493 e. The molecule has 3 atom stereocenters. The molecular formula is C26H21BrCl3NO2. The van der Waals surface area contributed by atoms with Gasteiger partial charge in [-0.05, 0) is 69.7 Å². The van der Waals surface area contributed by atoms with Gasteiger partial charge in [0.05, 0.1) is 28.3 Å². The number of allylic oxidation sites excluding steroid dienone is 2. The summed E-state index contributed by atoms with van der Waals surface area (Å²) in [5, 5.41) is 5.64. The predicted octanol–water partition coefficient (Wildman–Crippen LogP) is 8.82. The minimum absolute atomic E-state index is 0.0546. The van der Waals surface area contributed by atoms with Crippen LogP contribution in [-0.2, 0) is 6.61 Å². The number of methoxy groups -OCH3 is 1. The van der Waals surface area contributed by atoms with Gasteiger partial charge in [-0.2, -0.15) is 0 Å². The van der Waals surface area contributed by atoms with Crippen molar-refractivity contribution in [1.82, 2.24) is 0 Å². The molecule has 0 fully saturated rings. The zero-order valence-electron chi connectivity index (χ0n) is 17.7. The zero-order valence-corrected chi connectivity index (χ0v) is 21.6. The number of hydrogen-bond donors (Lipinski definition) is 1. The normalized spacial score (nSPS) is 20.7. The molecule has 0 saturated heterocycles. The fraction of sp³-hybridized carbons (Fsp3) is 0.231. The van der Waals surface area contributed by atoms with Gasteiger partial charge in [-0.3, -0.25) is 0 Å². The molecule has 1 N–H and O–H groups in total. The second-order valence-electron chi connectivity index (χ2n) is 8.24. The number of fused-ring (bicyclic) bond motifs is 3. The van der Waals surface area contributed by atoms with E-state index in [2.05, 4.69) is 39.5 Å². The molecule has 3 aromatic rings. The van der Waals surface area contributed by atoms with E-state index in [1.54, 1.807) is 13.2 Å². The molecule has 3 nitrogen and oxygen atoms in total. The molecule has 0 aromatic heterocycles. The van der Waals surface area contributed by atoms with Crippen molar-refractivity contribution in [3.05, 3.63) is 96.9 Å². The number of hydrogen-bond acceptors (Lipinski definition) is 3. The Kier molecular flexibility index (Phi) is 6.54. The van der Waals surface area contributed by atoms with E-state index in [-0.39, 0.29) is 12.0 Å². The molecule has 1 aliphatic heterocycles. The van der Waals surface area contributed by atoms with Crippen LogP contribution < -0.4 is 14.8 Å². The quantitative estimate of drug-likeness (QED) is 0.314. The van der Waals surface area contributed by atoms with Crippen LogP contribution in [0.4, 0.5) is 5.69 Å². The number of anilines is 1. The van der Waals surface area contributed by atoms with Gasteiger partial charge < -0.3 is 14.8 Å². The second-order valence-corrected chi connectivity index (χ2v) is 10.3. The van der Waals surface area contributed by atoms with Crippen LogP contribution in [0.5, 0.6) is 11.5 Å². The van der Waals surface area contributed by atoms with Crippen LogP contribution in [0, 0.1) is 5.92 Å². The van der Waals surface area contributed by atoms with Gasteiger partial charge in [0.15, 0.2) is 11.5 Å². The number of ether oxygens (including phenoxy) is 2. The van der Waals surface area contributed by atoms with Crippen molar-refractivity contribution >= 4 is 56.4 Å². The third-order valence-electron chi connectivity index (χ3n) is 6.33. The van der Waals surface area contributed by atoms with Crippen LogP contribution in [0.1, 0.15) is 35.1 Å². The average molecular weight is 566 g/mol. The van der Waals surface area contributed by atoms with Crippen molar-refractivity contribution < 1.29 is 9.47 Å². The van der Waals surface area contributed by atoms with Crippen LogP contribution in [0.15, 0.2) is 65.2 Å². The summed E-state index contributed by atoms with van der Waals surface area (Å²) in [6.07, 6.45) is 5.47. The monoisotopic (exact) mass is 563 g/mol. The Hall–Kier alpha value is -1.85. The van der Waals surface area contributed by atoms with Gasteiger partial charge in [0.25, 0.3) is 0 Å². The minimum atomic E-state index is 0.0546. The highest BCUT2D eigenvalue weighted by Gasteiger charge is 2.39. The van der Waals surface area contributed by atoms with E-state index in [1.165, 1.54) is 0 Å². The lowest BCUT2D eigenvalue weighted by atomic mass is 9.77. The predicted molar refractivity (Wildman–Crippen MR) is 139 cm³/mol. The highest BCUT2D eigenvalue weighted by Crippen LogP contribution is 2.53. The molecule has 33 heavy (non-hydrogen) atoms. The summed E-state index contributed by atoms with van der Waals surface area (Å²) in [5.74, 6) is 1.90. The third kappa shape index (κ3) is 4.35. The number of halogens is 4. The topological polar surface area (TPSA) is 30.5 Å². The van der Waals surface area contributed by atoms with Crippen LogP contribution >= 0.6 is 50.7 Å². The van der Waals surface area contributed by atoms with E-state index < -0.39 is 0 Å². The highest BCUT2D eigenvalue weighted by molar-refractivity contribution is 9.10. The van der Waals surface area contributed by atoms with Gasteiger partial charge in [-0.25, -0.2) is 0 Å². The maximum absolute atomic E-state index is 6.58. The fourth-order valence-corrected chi connectivity index (χ4v) is 6.10. The van der Waals surface area contributed by atoms with Crippen LogP contribution in [0.3, 0.4) is 0 Å². The molecule has 0 amide bonds. The molecule has 2 aliphatic rings. The molecule has 0 saturated carbocycles. The van der Waals surface area contributed by atoms with Crippen molar-refractivity contribution in [2.45, 2.75) is 25.0 Å². The van der Waals surface area contributed by atoms with Gasteiger partial charge in [-0.1, -0.05) is 65.2 Å². The van der Waals surface area contributed by atoms with Crippen LogP contribution in [0.25, 0.3) is 0 Å². The first-order valence-corrected chi connectivity index (χ1v) is 12.5. The smallest absolute Gasteiger partial charge is 0.175 e. The van der Waals surface area contributed by atoms with Gasteiger partial charge in [0.1, 0.15) is 6.61 Å². The number of benzene rings is 3. The lowest BCUT2D eigenvalue weighted by molar-refractivity contribution is 0.282. The summed E-state index contributed by atoms with van der Waals surface area (Å²) in [5.41, 5.74) is 4.09. The van der Waals surface area contributed by atoms with Crippen molar-refractivity contribution in [2.24, 2.45) is 5.92 Å². The molecule has 170 valence electrons. The van der Waals surface area contributed by atoms with Crippen LogP contribution in [0.2, 0.25) is 15.1 Å². The van der Waals surface area contributed by atoms with E-state index in [4.69, 9.17) is 44.3 Å². The van der Waals surface area contributed by atoms with Gasteiger partial charge in [0, 0.05) is 21.5 Å². The summed E-state index contributed by atoms with van der Waals surface area (Å²) in [4.78, 5) is 0. The van der Waals surface area contributed by atoms with Crippen molar-refractivity contribution in [2.75, 3.05) is 12.4 Å². The van der Waals surface area contributed by atoms with E-state index >= 15 is 0 Å². The van der Waals surface area contributed by atoms with E-state index in [0.717, 1.165) is 33.3 Å². The third-order valence-corrected chi connectivity index (χ3v) is 7.80. The summed E-state index contributed by atoms with van der Waals surface area (Å²) in [6, 6.07) is 15.6. The Morgan fingerprint density at radius 3 is 2.67 bits per heavy atom. The Morgan fingerprint density at radius 1 is 1.06 bits per heavy atom. The van der Waals surface area contributed by atoms with Crippen molar-refractivity contribution in [3.63, 3.8) is 0 Å². The number of rotatable bonds is 5. The molecule has 1 heterocycles. The first-order valence-electron chi connectivity index (χ1n) is 10.6. The Balaban J connectivity index is 1.48. The van der Waals surface area contributed by atoms with Crippen molar-refractivity contribution in [1.29, 1.82) is 0 Å². The molecule has 0 unspecified atom stereocenters. The lowest BCUT2D eigenvalue weighted by Gasteiger charge is -2.38. The summed E-state index contributed by atoms with van der Waals surface area (Å²) < 4.78 is 12.7. The standard InChI is InChI=1S/C26H21BrCl3NO2/c1-32-23-10-15(9-20(27)26(23)33-13-14-5-2-3-8-21(14)29)24-18-7-4-6-17(18)19-11-16(28)12-22(30)25(19)31-24/h2-6,8-12,17-18,24,31H,7,13H2,1H3/t17-,18-,24+/m1/s1. The molecule has 5 rings (SSSR count). The molecular weight excluding hydrogens is 545 g/mol. The summed E-state index contributed by atoms with van der Waals surface area (Å²) >= 11 is 22.9. The first-order chi connectivity index (χ1) is 16.0. The maximum atomic E-state index is 6.58. The number of nitrogens with one attached hydrogen (secondary N) is 1. The van der Waals surface area contributed by atoms with E-state index in [1.807, 2.05) is 36.4 Å². The van der Waals surface area contributed by atoms with Gasteiger partial charge >= 0.3 is 0 Å². The zero-order chi connectivity index (χ0) is 23.1. The largest absolute Gasteiger partial charge is 0.493 e. The van der Waals surface area contributed by atoms with Gasteiger partial charge in [-0.15, -0.1) is 0 Å². The summed E-state index contributed by atoms with van der Waals surface area (Å²) in [7, 11) is 1.65. The molecule has 7 heteroatoms. The van der Waals surface area contributed by atoms with Gasteiger partial charge in [0.2, 0.25) is 0 Å². The SMILES string of the molecule is COc1cc([C@@H]2Nc3c(Cl)cc(Cl)cc3[C@@H]3C=CC[C@H]32)cc(Br)c1OCc1ccccc1Cl. The first kappa shape index (κ1) is 22.9.